The summed E-state index contributed by atoms with van der Waals surface area (Å²) in [7, 11) is 0. The predicted octanol–water partition coefficient (Wildman–Crippen LogP) is 0.309. The van der Waals surface area contributed by atoms with E-state index in [9.17, 15) is 0 Å². The molecule has 0 spiro atoms. The number of nitrogens with zero attached hydrogens (tertiary/aromatic N) is 1. The first-order chi connectivity index (χ1) is 4.50. The van der Waals surface area contributed by atoms with Gasteiger partial charge in [0.25, 0.3) is 0 Å². The summed E-state index contributed by atoms with van der Waals surface area (Å²) in [5, 5.41) is 8.84. The Bertz CT molecular complexity index is 223. The number of aromatic hydroxyl groups is 1. The monoisotopic (exact) mass is 141 g/mol. The van der Waals surface area contributed by atoms with Crippen molar-refractivity contribution in [3.05, 3.63) is 12.0 Å². The number of hydrogen-bond acceptors (Lipinski definition) is 3. The van der Waals surface area contributed by atoms with E-state index in [0.717, 1.165) is 0 Å². The van der Waals surface area contributed by atoms with Gasteiger partial charge in [0.05, 0.1) is 11.7 Å². The summed E-state index contributed by atoms with van der Waals surface area (Å²) in [6, 6.07) is 0. The molecule has 1 aromatic heterocycles. The van der Waals surface area contributed by atoms with Crippen molar-refractivity contribution in [2.24, 2.45) is 5.73 Å². The largest absolute Gasteiger partial charge is 0.493 e. The molecule has 0 aliphatic heterocycles. The van der Waals surface area contributed by atoms with Crippen LogP contribution in [-0.2, 0) is 5.54 Å². The van der Waals surface area contributed by atoms with Gasteiger partial charge in [-0.25, -0.2) is 4.98 Å². The van der Waals surface area contributed by atoms with Gasteiger partial charge in [-0.1, -0.05) is 0 Å². The second-order valence-corrected chi connectivity index (χ2v) is 2.84. The summed E-state index contributed by atoms with van der Waals surface area (Å²) in [6.45, 7) is 3.62. The molecule has 0 unspecified atom stereocenters. The van der Waals surface area contributed by atoms with E-state index < -0.39 is 5.54 Å². The molecule has 0 saturated heterocycles. The Morgan fingerprint density at radius 1 is 1.70 bits per heavy atom. The fraction of sp³-hybridized carbons (Fsp3) is 0.500. The minimum absolute atomic E-state index is 0.0496. The van der Waals surface area contributed by atoms with Gasteiger partial charge < -0.3 is 15.8 Å². The lowest BCUT2D eigenvalue weighted by Gasteiger charge is -2.13. The van der Waals surface area contributed by atoms with Crippen LogP contribution in [0.4, 0.5) is 0 Å². The van der Waals surface area contributed by atoms with Gasteiger partial charge >= 0.3 is 0 Å². The highest BCUT2D eigenvalue weighted by Crippen LogP contribution is 2.14. The van der Waals surface area contributed by atoms with Crippen molar-refractivity contribution in [3.63, 3.8) is 0 Å². The first kappa shape index (κ1) is 7.08. The molecule has 0 radical (unpaired) electrons. The predicted molar refractivity (Wildman–Crippen MR) is 37.5 cm³/mol. The van der Waals surface area contributed by atoms with Crippen LogP contribution in [0.2, 0.25) is 0 Å². The third-order valence-electron chi connectivity index (χ3n) is 1.17. The number of aromatic nitrogens is 2. The third kappa shape index (κ3) is 1.27. The summed E-state index contributed by atoms with van der Waals surface area (Å²) in [6.07, 6.45) is 1.34. The van der Waals surface area contributed by atoms with Crippen LogP contribution in [0.1, 0.15) is 19.7 Å². The highest BCUT2D eigenvalue weighted by atomic mass is 16.3. The summed E-state index contributed by atoms with van der Waals surface area (Å²) in [5.74, 6) is 0.638. The standard InChI is InChI=1S/C6H11N3O/c1-6(2,7)5-8-3-4(10)9-5/h3,10H,7H2,1-2H3,(H,8,9). The molecule has 4 nitrogen and oxygen atoms in total. The van der Waals surface area contributed by atoms with Crippen molar-refractivity contribution in [2.75, 3.05) is 0 Å². The van der Waals surface area contributed by atoms with Crippen molar-refractivity contribution in [3.8, 4) is 5.88 Å². The summed E-state index contributed by atoms with van der Waals surface area (Å²) < 4.78 is 0. The van der Waals surface area contributed by atoms with Gasteiger partial charge in [0, 0.05) is 0 Å². The molecule has 0 aliphatic carbocycles. The van der Waals surface area contributed by atoms with Crippen molar-refractivity contribution in [2.45, 2.75) is 19.4 Å². The van der Waals surface area contributed by atoms with Gasteiger partial charge in [-0.15, -0.1) is 0 Å². The maximum absolute atomic E-state index is 8.84. The van der Waals surface area contributed by atoms with Gasteiger partial charge in [0.15, 0.2) is 0 Å². The Labute approximate surface area is 59.1 Å². The zero-order chi connectivity index (χ0) is 7.78. The molecule has 0 amide bonds. The van der Waals surface area contributed by atoms with Crippen molar-refractivity contribution in [1.29, 1.82) is 0 Å². The van der Waals surface area contributed by atoms with Gasteiger partial charge in [-0.3, -0.25) is 0 Å². The van der Waals surface area contributed by atoms with Crippen molar-refractivity contribution < 1.29 is 5.11 Å². The van der Waals surface area contributed by atoms with E-state index >= 15 is 0 Å². The van der Waals surface area contributed by atoms with E-state index in [1.807, 2.05) is 13.8 Å². The number of aromatic amines is 1. The molecule has 4 N–H and O–H groups in total. The minimum Gasteiger partial charge on any atom is -0.493 e. The maximum atomic E-state index is 8.84. The van der Waals surface area contributed by atoms with Crippen LogP contribution < -0.4 is 5.73 Å². The molecule has 1 aromatic rings. The second kappa shape index (κ2) is 1.98. The van der Waals surface area contributed by atoms with E-state index in [4.69, 9.17) is 10.8 Å². The van der Waals surface area contributed by atoms with Crippen LogP contribution >= 0.6 is 0 Å². The van der Waals surface area contributed by atoms with E-state index in [2.05, 4.69) is 9.97 Å². The average molecular weight is 141 g/mol. The van der Waals surface area contributed by atoms with Crippen molar-refractivity contribution >= 4 is 0 Å². The molecule has 56 valence electrons. The van der Waals surface area contributed by atoms with E-state index in [0.29, 0.717) is 5.82 Å². The molecule has 0 atom stereocenters. The summed E-state index contributed by atoms with van der Waals surface area (Å²) in [4.78, 5) is 6.49. The molecule has 4 heteroatoms. The van der Waals surface area contributed by atoms with Crippen LogP contribution in [0.15, 0.2) is 6.20 Å². The summed E-state index contributed by atoms with van der Waals surface area (Å²) in [5.41, 5.74) is 5.15. The number of nitrogens with two attached hydrogens (primary N) is 1. The molecule has 0 aliphatic rings. The Balaban J connectivity index is 2.96. The SMILES string of the molecule is CC(C)(N)c1ncc(O)[nH]1. The van der Waals surface area contributed by atoms with Gasteiger partial charge in [-0.05, 0) is 13.8 Å². The maximum Gasteiger partial charge on any atom is 0.208 e. The Kier molecular flexibility index (Phi) is 1.40. The molecule has 0 bridgehead atoms. The lowest BCUT2D eigenvalue weighted by Crippen LogP contribution is -2.29. The number of hydrogen-bond donors (Lipinski definition) is 3. The molecule has 0 aromatic carbocycles. The van der Waals surface area contributed by atoms with Gasteiger partial charge in [0.2, 0.25) is 5.88 Å². The fourth-order valence-corrected chi connectivity index (χ4v) is 0.639. The zero-order valence-electron chi connectivity index (χ0n) is 6.05. The lowest BCUT2D eigenvalue weighted by molar-refractivity contribution is 0.447. The van der Waals surface area contributed by atoms with Crippen LogP contribution in [0.3, 0.4) is 0 Å². The van der Waals surface area contributed by atoms with E-state index in [-0.39, 0.29) is 5.88 Å². The van der Waals surface area contributed by atoms with Gasteiger partial charge in [-0.2, -0.15) is 0 Å². The average Bonchev–Trinajstić information content (AvgIpc) is 2.11. The van der Waals surface area contributed by atoms with Crippen molar-refractivity contribution in [1.82, 2.24) is 9.97 Å². The number of nitrogens with one attached hydrogen (secondary N) is 1. The highest BCUT2D eigenvalue weighted by Gasteiger charge is 2.17. The normalized spacial score (nSPS) is 11.9. The Hall–Kier alpha value is -1.03. The smallest absolute Gasteiger partial charge is 0.208 e. The third-order valence-corrected chi connectivity index (χ3v) is 1.17. The molecular formula is C6H11N3O. The number of imidazole rings is 1. The topological polar surface area (TPSA) is 74.9 Å². The van der Waals surface area contributed by atoms with Crippen LogP contribution in [-0.4, -0.2) is 15.1 Å². The fourth-order valence-electron chi connectivity index (χ4n) is 0.639. The lowest BCUT2D eigenvalue weighted by atomic mass is 10.1. The minimum atomic E-state index is -0.513. The molecule has 0 fully saturated rings. The van der Waals surface area contributed by atoms with Crippen LogP contribution in [0.5, 0.6) is 5.88 Å². The number of rotatable bonds is 1. The van der Waals surface area contributed by atoms with E-state index in [1.54, 1.807) is 0 Å². The highest BCUT2D eigenvalue weighted by molar-refractivity contribution is 5.10. The Morgan fingerprint density at radius 2 is 2.30 bits per heavy atom. The Morgan fingerprint density at radius 3 is 2.50 bits per heavy atom. The molecule has 10 heavy (non-hydrogen) atoms. The summed E-state index contributed by atoms with van der Waals surface area (Å²) >= 11 is 0. The first-order valence-corrected chi connectivity index (χ1v) is 3.03. The molecule has 1 heterocycles. The molecule has 0 saturated carbocycles. The first-order valence-electron chi connectivity index (χ1n) is 3.03. The second-order valence-electron chi connectivity index (χ2n) is 2.84. The van der Waals surface area contributed by atoms with Crippen LogP contribution in [0.25, 0.3) is 0 Å². The quantitative estimate of drug-likeness (QED) is 0.526. The zero-order valence-corrected chi connectivity index (χ0v) is 6.05. The number of H-pyrrole nitrogens is 1. The van der Waals surface area contributed by atoms with Crippen LogP contribution in [0, 0.1) is 0 Å². The molecular weight excluding hydrogens is 130 g/mol. The molecule has 1 rings (SSSR count). The van der Waals surface area contributed by atoms with E-state index in [1.165, 1.54) is 6.20 Å². The van der Waals surface area contributed by atoms with Gasteiger partial charge in [0.1, 0.15) is 5.82 Å².